The van der Waals surface area contributed by atoms with E-state index in [1.165, 1.54) is 10.4 Å². The van der Waals surface area contributed by atoms with Crippen LogP contribution in [-0.4, -0.2) is 9.55 Å². The second-order valence-corrected chi connectivity index (χ2v) is 6.94. The Hall–Kier alpha value is -2.45. The van der Waals surface area contributed by atoms with Crippen LogP contribution in [0.4, 0.5) is 0 Å². The van der Waals surface area contributed by atoms with Crippen molar-refractivity contribution in [3.63, 3.8) is 0 Å². The Balaban J connectivity index is 1.91. The summed E-state index contributed by atoms with van der Waals surface area (Å²) in [5.41, 5.74) is 2.69. The van der Waals surface area contributed by atoms with E-state index >= 15 is 0 Å². The molecule has 0 fully saturated rings. The van der Waals surface area contributed by atoms with Crippen molar-refractivity contribution in [1.29, 1.82) is 5.26 Å². The minimum atomic E-state index is 0.0274. The summed E-state index contributed by atoms with van der Waals surface area (Å²) in [6.07, 6.45) is 3.16. The fraction of sp³-hybridized carbons (Fsp3) is 0.278. The highest BCUT2D eigenvalue weighted by molar-refractivity contribution is 7.18. The summed E-state index contributed by atoms with van der Waals surface area (Å²) in [4.78, 5) is 19.9. The highest BCUT2D eigenvalue weighted by atomic mass is 32.1. The number of benzene rings is 1. The largest absolute Gasteiger partial charge is 0.292 e. The zero-order chi connectivity index (χ0) is 16.0. The van der Waals surface area contributed by atoms with Crippen molar-refractivity contribution < 1.29 is 0 Å². The van der Waals surface area contributed by atoms with E-state index in [1.54, 1.807) is 22.0 Å². The third kappa shape index (κ3) is 2.18. The maximum absolute atomic E-state index is 13.0. The predicted octanol–water partition coefficient (Wildman–Crippen LogP) is 3.18. The van der Waals surface area contributed by atoms with Crippen LogP contribution in [-0.2, 0) is 19.4 Å². The fourth-order valence-corrected chi connectivity index (χ4v) is 4.60. The zero-order valence-corrected chi connectivity index (χ0v) is 13.6. The second-order valence-electron chi connectivity index (χ2n) is 5.86. The second kappa shape index (κ2) is 5.32. The smallest absolute Gasteiger partial charge is 0.262 e. The average molecular weight is 321 g/mol. The third-order valence-electron chi connectivity index (χ3n) is 4.48. The minimum Gasteiger partial charge on any atom is -0.292 e. The number of thiophene rings is 1. The van der Waals surface area contributed by atoms with Crippen LogP contribution in [0.5, 0.6) is 0 Å². The molecule has 1 aromatic carbocycles. The first-order chi connectivity index (χ1) is 11.2. The van der Waals surface area contributed by atoms with Gasteiger partial charge in [-0.3, -0.25) is 9.36 Å². The molecule has 0 saturated carbocycles. The molecular formula is C18H15N3OS. The number of fused-ring (bicyclic) bond motifs is 3. The SMILES string of the molecule is Cc1nc2sc3c(c2c(=O)n1Cc1ccccc1C#N)CCC3. The van der Waals surface area contributed by atoms with E-state index in [-0.39, 0.29) is 5.56 Å². The number of rotatable bonds is 2. The maximum Gasteiger partial charge on any atom is 0.262 e. The summed E-state index contributed by atoms with van der Waals surface area (Å²) in [5.74, 6) is 0.704. The van der Waals surface area contributed by atoms with Crippen LogP contribution in [0.1, 0.15) is 33.8 Å². The van der Waals surface area contributed by atoms with Gasteiger partial charge in [0.25, 0.3) is 5.56 Å². The minimum absolute atomic E-state index is 0.0274. The number of hydrogen-bond donors (Lipinski definition) is 0. The molecule has 4 rings (SSSR count). The molecule has 0 spiro atoms. The molecule has 3 aromatic rings. The summed E-state index contributed by atoms with van der Waals surface area (Å²) < 4.78 is 1.70. The summed E-state index contributed by atoms with van der Waals surface area (Å²) in [5, 5.41) is 10.0. The Morgan fingerprint density at radius 3 is 3.00 bits per heavy atom. The zero-order valence-electron chi connectivity index (χ0n) is 12.8. The normalized spacial score (nSPS) is 13.2. The molecule has 0 atom stereocenters. The first-order valence-electron chi connectivity index (χ1n) is 7.68. The van der Waals surface area contributed by atoms with Crippen molar-refractivity contribution in [1.82, 2.24) is 9.55 Å². The molecule has 23 heavy (non-hydrogen) atoms. The summed E-state index contributed by atoms with van der Waals surface area (Å²) in [6.45, 7) is 2.25. The first-order valence-corrected chi connectivity index (χ1v) is 8.50. The van der Waals surface area contributed by atoms with Crippen molar-refractivity contribution in [2.24, 2.45) is 0 Å². The molecule has 1 aliphatic carbocycles. The van der Waals surface area contributed by atoms with Gasteiger partial charge in [0, 0.05) is 4.88 Å². The van der Waals surface area contributed by atoms with Gasteiger partial charge in [-0.25, -0.2) is 4.98 Å². The van der Waals surface area contributed by atoms with Crippen molar-refractivity contribution in [2.45, 2.75) is 32.7 Å². The molecule has 114 valence electrons. The van der Waals surface area contributed by atoms with Crippen LogP contribution in [0.2, 0.25) is 0 Å². The number of hydrogen-bond acceptors (Lipinski definition) is 4. The lowest BCUT2D eigenvalue weighted by Crippen LogP contribution is -2.24. The van der Waals surface area contributed by atoms with E-state index in [1.807, 2.05) is 25.1 Å². The van der Waals surface area contributed by atoms with Gasteiger partial charge in [-0.05, 0) is 43.4 Å². The van der Waals surface area contributed by atoms with Gasteiger partial charge in [0.05, 0.1) is 23.6 Å². The van der Waals surface area contributed by atoms with Gasteiger partial charge in [0.15, 0.2) is 0 Å². The van der Waals surface area contributed by atoms with Crippen molar-refractivity contribution >= 4 is 21.6 Å². The molecule has 2 aromatic heterocycles. The van der Waals surface area contributed by atoms with Gasteiger partial charge >= 0.3 is 0 Å². The summed E-state index contributed by atoms with van der Waals surface area (Å²) in [6, 6.07) is 9.60. The molecule has 5 heteroatoms. The van der Waals surface area contributed by atoms with E-state index < -0.39 is 0 Å². The van der Waals surface area contributed by atoms with Gasteiger partial charge in [0.1, 0.15) is 10.7 Å². The molecule has 0 N–H and O–H groups in total. The quantitative estimate of drug-likeness (QED) is 0.728. The lowest BCUT2D eigenvalue weighted by Gasteiger charge is -2.11. The van der Waals surface area contributed by atoms with Gasteiger partial charge in [-0.2, -0.15) is 5.26 Å². The highest BCUT2D eigenvalue weighted by Gasteiger charge is 2.22. The van der Waals surface area contributed by atoms with E-state index in [9.17, 15) is 10.1 Å². The molecule has 0 unspecified atom stereocenters. The topological polar surface area (TPSA) is 58.7 Å². The fourth-order valence-electron chi connectivity index (χ4n) is 3.30. The van der Waals surface area contributed by atoms with Crippen LogP contribution < -0.4 is 5.56 Å². The third-order valence-corrected chi connectivity index (χ3v) is 5.67. The molecule has 0 amide bonds. The molecule has 0 saturated heterocycles. The molecule has 4 nitrogen and oxygen atoms in total. The predicted molar refractivity (Wildman–Crippen MR) is 90.9 cm³/mol. The van der Waals surface area contributed by atoms with Gasteiger partial charge < -0.3 is 0 Å². The van der Waals surface area contributed by atoms with Gasteiger partial charge in [-0.15, -0.1) is 11.3 Å². The van der Waals surface area contributed by atoms with E-state index in [0.717, 1.165) is 35.0 Å². The lowest BCUT2D eigenvalue weighted by molar-refractivity contribution is 0.712. The lowest BCUT2D eigenvalue weighted by atomic mass is 10.1. The van der Waals surface area contributed by atoms with Gasteiger partial charge in [0.2, 0.25) is 0 Å². The maximum atomic E-state index is 13.0. The number of nitriles is 1. The molecule has 1 aliphatic rings. The summed E-state index contributed by atoms with van der Waals surface area (Å²) >= 11 is 1.66. The summed E-state index contributed by atoms with van der Waals surface area (Å²) in [7, 11) is 0. The Bertz CT molecular complexity index is 1020. The van der Waals surface area contributed by atoms with Crippen molar-refractivity contribution in [3.8, 4) is 6.07 Å². The van der Waals surface area contributed by atoms with Crippen molar-refractivity contribution in [3.05, 3.63) is 62.0 Å². The number of aromatic nitrogens is 2. The van der Waals surface area contributed by atoms with E-state index in [4.69, 9.17) is 0 Å². The Morgan fingerprint density at radius 2 is 2.17 bits per heavy atom. The average Bonchev–Trinajstić information content (AvgIpc) is 3.12. The molecular weight excluding hydrogens is 306 g/mol. The standard InChI is InChI=1S/C18H15N3OS/c1-11-20-17-16(14-7-4-8-15(14)23-17)18(22)21(11)10-13-6-3-2-5-12(13)9-19/h2-3,5-6H,4,7-8,10H2,1H3. The number of aryl methyl sites for hydroxylation is 3. The Kier molecular flexibility index (Phi) is 3.28. The van der Waals surface area contributed by atoms with Crippen LogP contribution in [0, 0.1) is 18.3 Å². The van der Waals surface area contributed by atoms with Crippen LogP contribution >= 0.6 is 11.3 Å². The molecule has 0 aliphatic heterocycles. The molecule has 0 bridgehead atoms. The number of nitrogens with zero attached hydrogens (tertiary/aromatic N) is 3. The first kappa shape index (κ1) is 14.2. The van der Waals surface area contributed by atoms with E-state index in [2.05, 4.69) is 11.1 Å². The van der Waals surface area contributed by atoms with E-state index in [0.29, 0.717) is 17.9 Å². The van der Waals surface area contributed by atoms with Crippen molar-refractivity contribution in [2.75, 3.05) is 0 Å². The highest BCUT2D eigenvalue weighted by Crippen LogP contribution is 2.34. The monoisotopic (exact) mass is 321 g/mol. The van der Waals surface area contributed by atoms with Gasteiger partial charge in [-0.1, -0.05) is 18.2 Å². The Morgan fingerprint density at radius 1 is 1.35 bits per heavy atom. The Labute approximate surface area is 137 Å². The van der Waals surface area contributed by atoms with Crippen LogP contribution in [0.3, 0.4) is 0 Å². The molecule has 2 heterocycles. The van der Waals surface area contributed by atoms with Crippen LogP contribution in [0.15, 0.2) is 29.1 Å². The molecule has 0 radical (unpaired) electrons. The van der Waals surface area contributed by atoms with Crippen LogP contribution in [0.25, 0.3) is 10.2 Å².